The highest BCUT2D eigenvalue weighted by molar-refractivity contribution is 5.85. The number of fused-ring (bicyclic) bond motifs is 1. The lowest BCUT2D eigenvalue weighted by Crippen LogP contribution is -2.38. The number of amides is 2. The number of hydrazone groups is 1. The third kappa shape index (κ3) is 3.60. The largest absolute Gasteiger partial charge is 0.299 e. The summed E-state index contributed by atoms with van der Waals surface area (Å²) in [5.41, 5.74) is 1.35. The molecule has 0 radical (unpaired) electrons. The predicted octanol–water partition coefficient (Wildman–Crippen LogP) is 1.87. The highest BCUT2D eigenvalue weighted by atomic mass is 16.2. The van der Waals surface area contributed by atoms with Crippen molar-refractivity contribution >= 4 is 18.5 Å². The fourth-order valence-corrected chi connectivity index (χ4v) is 2.74. The molecule has 0 bridgehead atoms. The molecule has 1 aliphatic heterocycles. The maximum Gasteiger partial charge on any atom is 0.226 e. The zero-order valence-corrected chi connectivity index (χ0v) is 12.8. The summed E-state index contributed by atoms with van der Waals surface area (Å²) in [6, 6.07) is 0.406. The van der Waals surface area contributed by atoms with Crippen molar-refractivity contribution in [3.63, 3.8) is 0 Å². The van der Waals surface area contributed by atoms with Crippen LogP contribution in [0.15, 0.2) is 28.9 Å². The van der Waals surface area contributed by atoms with Gasteiger partial charge in [0.2, 0.25) is 12.3 Å². The molecular formula is C16H23N3O2. The number of carbonyl (C=O) groups is 2. The molecule has 2 rings (SSSR count). The third-order valence-electron chi connectivity index (χ3n) is 4.07. The van der Waals surface area contributed by atoms with Crippen molar-refractivity contribution in [3.8, 4) is 0 Å². The van der Waals surface area contributed by atoms with Crippen LogP contribution in [0.5, 0.6) is 0 Å². The second-order valence-corrected chi connectivity index (χ2v) is 5.97. The Bertz CT molecular complexity index is 494. The summed E-state index contributed by atoms with van der Waals surface area (Å²) in [5.74, 6) is 0.602. The number of hydrogen-bond acceptors (Lipinski definition) is 4. The first-order valence-corrected chi connectivity index (χ1v) is 7.48. The molecule has 21 heavy (non-hydrogen) atoms. The molecule has 0 saturated heterocycles. The molecule has 3 unspecified atom stereocenters. The zero-order valence-electron chi connectivity index (χ0n) is 12.8. The van der Waals surface area contributed by atoms with Crippen molar-refractivity contribution in [2.45, 2.75) is 45.7 Å². The van der Waals surface area contributed by atoms with E-state index in [1.54, 1.807) is 0 Å². The molecule has 5 nitrogen and oxygen atoms in total. The smallest absolute Gasteiger partial charge is 0.226 e. The number of rotatable bonds is 6. The molecule has 5 heteroatoms. The summed E-state index contributed by atoms with van der Waals surface area (Å²) in [5, 5.41) is 8.73. The highest BCUT2D eigenvalue weighted by Crippen LogP contribution is 2.30. The number of carbonyl (C=O) groups excluding carboxylic acids is 2. The number of imide groups is 1. The standard InChI is InChI=1S/C16H23N3O2/c1-11(2)13-5-6-15-14(8-13)9-18-19(15)12(3)4-7-16(21)17-10-20/h5-6,8-12,14-15H,4,7H2,1-3H3,(H,17,20,21). The van der Waals surface area contributed by atoms with Crippen molar-refractivity contribution in [1.29, 1.82) is 0 Å². The van der Waals surface area contributed by atoms with Gasteiger partial charge in [-0.1, -0.05) is 32.1 Å². The molecular weight excluding hydrogens is 266 g/mol. The quantitative estimate of drug-likeness (QED) is 0.759. The van der Waals surface area contributed by atoms with Gasteiger partial charge < -0.3 is 0 Å². The van der Waals surface area contributed by atoms with E-state index in [9.17, 15) is 9.59 Å². The molecule has 2 aliphatic rings. The van der Waals surface area contributed by atoms with Crippen LogP contribution in [0.1, 0.15) is 33.6 Å². The molecule has 0 aromatic rings. The van der Waals surface area contributed by atoms with Crippen LogP contribution in [0.3, 0.4) is 0 Å². The van der Waals surface area contributed by atoms with Gasteiger partial charge in [-0.15, -0.1) is 0 Å². The molecule has 0 fully saturated rings. The maximum atomic E-state index is 11.3. The van der Waals surface area contributed by atoms with E-state index in [-0.39, 0.29) is 18.0 Å². The molecule has 1 heterocycles. The topological polar surface area (TPSA) is 61.8 Å². The van der Waals surface area contributed by atoms with Crippen LogP contribution in [0.2, 0.25) is 0 Å². The Morgan fingerprint density at radius 1 is 1.48 bits per heavy atom. The van der Waals surface area contributed by atoms with Gasteiger partial charge in [-0.3, -0.25) is 19.9 Å². The minimum absolute atomic E-state index is 0.160. The van der Waals surface area contributed by atoms with E-state index in [1.807, 2.05) is 6.21 Å². The van der Waals surface area contributed by atoms with E-state index in [4.69, 9.17) is 0 Å². The fraction of sp³-hybridized carbons (Fsp3) is 0.562. The molecule has 2 amide bonds. The van der Waals surface area contributed by atoms with Gasteiger partial charge in [0.1, 0.15) is 0 Å². The summed E-state index contributed by atoms with van der Waals surface area (Å²) >= 11 is 0. The van der Waals surface area contributed by atoms with Crippen molar-refractivity contribution in [1.82, 2.24) is 10.3 Å². The van der Waals surface area contributed by atoms with Crippen molar-refractivity contribution < 1.29 is 9.59 Å². The van der Waals surface area contributed by atoms with Crippen molar-refractivity contribution in [2.75, 3.05) is 0 Å². The van der Waals surface area contributed by atoms with Crippen LogP contribution in [0.25, 0.3) is 0 Å². The number of allylic oxidation sites excluding steroid dienone is 2. The third-order valence-corrected chi connectivity index (χ3v) is 4.07. The van der Waals surface area contributed by atoms with Crippen molar-refractivity contribution in [2.24, 2.45) is 16.9 Å². The highest BCUT2D eigenvalue weighted by Gasteiger charge is 2.32. The van der Waals surface area contributed by atoms with Gasteiger partial charge in [0, 0.05) is 24.6 Å². The van der Waals surface area contributed by atoms with Gasteiger partial charge >= 0.3 is 0 Å². The first-order chi connectivity index (χ1) is 10.0. The van der Waals surface area contributed by atoms with E-state index in [1.165, 1.54) is 5.57 Å². The average molecular weight is 289 g/mol. The second-order valence-electron chi connectivity index (χ2n) is 5.97. The lowest BCUT2D eigenvalue weighted by molar-refractivity contribution is -0.125. The van der Waals surface area contributed by atoms with Crippen LogP contribution in [0.4, 0.5) is 0 Å². The van der Waals surface area contributed by atoms with Crippen molar-refractivity contribution in [3.05, 3.63) is 23.8 Å². The van der Waals surface area contributed by atoms with Gasteiger partial charge in [-0.2, -0.15) is 5.10 Å². The first kappa shape index (κ1) is 15.5. The molecule has 0 spiro atoms. The minimum Gasteiger partial charge on any atom is -0.299 e. The summed E-state index contributed by atoms with van der Waals surface area (Å²) in [6.07, 6.45) is 10.1. The molecule has 0 aromatic heterocycles. The number of nitrogens with zero attached hydrogens (tertiary/aromatic N) is 2. The van der Waals surface area contributed by atoms with Gasteiger partial charge in [-0.25, -0.2) is 0 Å². The Balaban J connectivity index is 1.92. The Hall–Kier alpha value is -1.91. The van der Waals surface area contributed by atoms with Gasteiger partial charge in [0.15, 0.2) is 0 Å². The van der Waals surface area contributed by atoms with E-state index < -0.39 is 0 Å². The van der Waals surface area contributed by atoms with Crippen LogP contribution >= 0.6 is 0 Å². The Morgan fingerprint density at radius 2 is 2.24 bits per heavy atom. The molecule has 1 aliphatic carbocycles. The summed E-state index contributed by atoms with van der Waals surface area (Å²) in [7, 11) is 0. The molecule has 114 valence electrons. The molecule has 3 atom stereocenters. The fourth-order valence-electron chi connectivity index (χ4n) is 2.74. The number of hydrogen-bond donors (Lipinski definition) is 1. The first-order valence-electron chi connectivity index (χ1n) is 7.48. The average Bonchev–Trinajstić information content (AvgIpc) is 2.88. The van der Waals surface area contributed by atoms with Crippen LogP contribution in [-0.4, -0.2) is 35.6 Å². The summed E-state index contributed by atoms with van der Waals surface area (Å²) in [6.45, 7) is 6.44. The van der Waals surface area contributed by atoms with Crippen LogP contribution < -0.4 is 5.32 Å². The second kappa shape index (κ2) is 6.70. The van der Waals surface area contributed by atoms with E-state index >= 15 is 0 Å². The lowest BCUT2D eigenvalue weighted by Gasteiger charge is -2.32. The lowest BCUT2D eigenvalue weighted by atomic mass is 9.88. The summed E-state index contributed by atoms with van der Waals surface area (Å²) < 4.78 is 0. The van der Waals surface area contributed by atoms with Crippen LogP contribution in [0, 0.1) is 11.8 Å². The van der Waals surface area contributed by atoms with Gasteiger partial charge in [-0.05, 0) is 24.8 Å². The minimum atomic E-state index is -0.238. The van der Waals surface area contributed by atoms with Gasteiger partial charge in [0.25, 0.3) is 0 Å². The number of nitrogens with one attached hydrogen (secondary N) is 1. The van der Waals surface area contributed by atoms with E-state index in [0.717, 1.165) is 0 Å². The monoisotopic (exact) mass is 289 g/mol. The van der Waals surface area contributed by atoms with E-state index in [2.05, 4.69) is 54.4 Å². The summed E-state index contributed by atoms with van der Waals surface area (Å²) in [4.78, 5) is 21.5. The van der Waals surface area contributed by atoms with E-state index in [0.29, 0.717) is 31.1 Å². The Morgan fingerprint density at radius 3 is 2.90 bits per heavy atom. The van der Waals surface area contributed by atoms with Crippen LogP contribution in [-0.2, 0) is 9.59 Å². The Labute approximate surface area is 125 Å². The van der Waals surface area contributed by atoms with Gasteiger partial charge in [0.05, 0.1) is 6.04 Å². The maximum absolute atomic E-state index is 11.3. The normalized spacial score (nSPS) is 24.8. The SMILES string of the molecule is CC(C)C1=CC2C=NN(C(C)CCC(=O)NC=O)C2C=C1. The molecule has 0 aromatic carbocycles. The predicted molar refractivity (Wildman–Crippen MR) is 82.6 cm³/mol. The Kier molecular flexibility index (Phi) is 4.94. The molecule has 1 N–H and O–H groups in total. The molecule has 0 saturated carbocycles. The zero-order chi connectivity index (χ0) is 15.4.